The molecule has 8 heteroatoms. The summed E-state index contributed by atoms with van der Waals surface area (Å²) in [5.41, 5.74) is 2.27. The van der Waals surface area contributed by atoms with Crippen molar-refractivity contribution < 1.29 is 4.79 Å². The van der Waals surface area contributed by atoms with E-state index in [-0.39, 0.29) is 5.91 Å². The predicted molar refractivity (Wildman–Crippen MR) is 132 cm³/mol. The number of amides is 1. The highest BCUT2D eigenvalue weighted by atomic mass is 32.1. The van der Waals surface area contributed by atoms with E-state index in [1.54, 1.807) is 6.33 Å². The number of carbonyl (C=O) groups excluding carboxylic acids is 1. The minimum absolute atomic E-state index is 0.0226. The molecule has 1 amide bonds. The van der Waals surface area contributed by atoms with E-state index in [2.05, 4.69) is 68.2 Å². The van der Waals surface area contributed by atoms with Crippen molar-refractivity contribution in [2.45, 2.75) is 20.4 Å². The normalized spacial score (nSPS) is 14.9. The number of piperazine rings is 1. The Balaban J connectivity index is 1.42. The molecule has 3 aromatic rings. The molecular weight excluding hydrogens is 420 g/mol. The average molecular weight is 453 g/mol. The first-order valence-corrected chi connectivity index (χ1v) is 12.1. The van der Waals surface area contributed by atoms with E-state index in [1.807, 2.05) is 13.0 Å². The molecule has 0 bridgehead atoms. The lowest BCUT2D eigenvalue weighted by atomic mass is 10.1. The first kappa shape index (κ1) is 22.6. The van der Waals surface area contributed by atoms with Gasteiger partial charge >= 0.3 is 0 Å². The molecule has 0 saturated carbocycles. The zero-order valence-electron chi connectivity index (χ0n) is 19.2. The fourth-order valence-corrected chi connectivity index (χ4v) is 5.19. The molecule has 1 aromatic carbocycles. The molecule has 0 spiro atoms. The highest BCUT2D eigenvalue weighted by molar-refractivity contribution is 7.20. The largest absolute Gasteiger partial charge is 0.353 e. The van der Waals surface area contributed by atoms with Gasteiger partial charge in [-0.2, -0.15) is 0 Å². The second kappa shape index (κ2) is 10.4. The highest BCUT2D eigenvalue weighted by Crippen LogP contribution is 2.35. The second-order valence-corrected chi connectivity index (χ2v) is 9.33. The van der Waals surface area contributed by atoms with Crippen LogP contribution < -0.4 is 10.2 Å². The van der Waals surface area contributed by atoms with E-state index in [9.17, 15) is 4.79 Å². The van der Waals surface area contributed by atoms with Crippen LogP contribution in [0.2, 0.25) is 0 Å². The lowest BCUT2D eigenvalue weighted by Crippen LogP contribution is -2.44. The van der Waals surface area contributed by atoms with Crippen LogP contribution in [-0.4, -0.2) is 78.5 Å². The summed E-state index contributed by atoms with van der Waals surface area (Å²) >= 11 is 1.46. The van der Waals surface area contributed by atoms with Gasteiger partial charge in [0.15, 0.2) is 0 Å². The summed E-state index contributed by atoms with van der Waals surface area (Å²) in [4.78, 5) is 30.7. The molecule has 0 atom stereocenters. The quantitative estimate of drug-likeness (QED) is 0.567. The Morgan fingerprint density at radius 1 is 1.16 bits per heavy atom. The molecule has 1 fully saturated rings. The number of fused-ring (bicyclic) bond motifs is 1. The minimum Gasteiger partial charge on any atom is -0.353 e. The van der Waals surface area contributed by atoms with Gasteiger partial charge in [-0.1, -0.05) is 37.3 Å². The van der Waals surface area contributed by atoms with E-state index in [4.69, 9.17) is 0 Å². The smallest absolute Gasteiger partial charge is 0.261 e. The molecule has 1 aliphatic rings. The van der Waals surface area contributed by atoms with Gasteiger partial charge < -0.3 is 15.1 Å². The fourth-order valence-electron chi connectivity index (χ4n) is 4.13. The summed E-state index contributed by atoms with van der Waals surface area (Å²) in [5.74, 6) is 0.932. The highest BCUT2D eigenvalue weighted by Gasteiger charge is 2.23. The molecule has 7 nitrogen and oxygen atoms in total. The number of aryl methyl sites for hydroxylation is 1. The SMILES string of the molecule is CCN(CCNC(=O)c1sc2ncnc(N3CCN(C)CC3)c2c1C)Cc1ccccc1. The van der Waals surface area contributed by atoms with Gasteiger partial charge in [-0.15, -0.1) is 11.3 Å². The molecule has 1 N–H and O–H groups in total. The predicted octanol–water partition coefficient (Wildman–Crippen LogP) is 3.00. The Morgan fingerprint density at radius 2 is 1.91 bits per heavy atom. The standard InChI is InChI=1S/C24H32N6OS/c1-4-29(16-19-8-6-5-7-9-19)11-10-25-23(31)21-18(2)20-22(26-17-27-24(20)32-21)30-14-12-28(3)13-15-30/h5-9,17H,4,10-16H2,1-3H3,(H,25,31). The summed E-state index contributed by atoms with van der Waals surface area (Å²) in [5, 5.41) is 4.14. The first-order chi connectivity index (χ1) is 15.6. The third-order valence-electron chi connectivity index (χ3n) is 6.13. The van der Waals surface area contributed by atoms with Gasteiger partial charge in [0.05, 0.1) is 10.3 Å². The van der Waals surface area contributed by atoms with Crippen molar-refractivity contribution in [3.8, 4) is 0 Å². The third-order valence-corrected chi connectivity index (χ3v) is 7.32. The Labute approximate surface area is 194 Å². The number of carbonyl (C=O) groups is 1. The van der Waals surface area contributed by atoms with Gasteiger partial charge in [0, 0.05) is 45.8 Å². The van der Waals surface area contributed by atoms with Crippen LogP contribution in [0.3, 0.4) is 0 Å². The number of hydrogen-bond donors (Lipinski definition) is 1. The number of aromatic nitrogens is 2. The monoisotopic (exact) mass is 452 g/mol. The number of rotatable bonds is 8. The van der Waals surface area contributed by atoms with E-state index < -0.39 is 0 Å². The number of thiophene rings is 1. The van der Waals surface area contributed by atoms with Gasteiger partial charge in [0.2, 0.25) is 0 Å². The van der Waals surface area contributed by atoms with Gasteiger partial charge in [0.25, 0.3) is 5.91 Å². The number of anilines is 1. The number of nitrogens with zero attached hydrogens (tertiary/aromatic N) is 5. The summed E-state index contributed by atoms with van der Waals surface area (Å²) in [6, 6.07) is 10.4. The van der Waals surface area contributed by atoms with Gasteiger partial charge in [-0.25, -0.2) is 9.97 Å². The van der Waals surface area contributed by atoms with Crippen LogP contribution in [0.4, 0.5) is 5.82 Å². The van der Waals surface area contributed by atoms with E-state index in [1.165, 1.54) is 16.9 Å². The average Bonchev–Trinajstić information content (AvgIpc) is 3.16. The summed E-state index contributed by atoms with van der Waals surface area (Å²) in [7, 11) is 2.14. The maximum absolute atomic E-state index is 13.0. The maximum atomic E-state index is 13.0. The number of benzene rings is 1. The van der Waals surface area contributed by atoms with Crippen molar-refractivity contribution in [2.24, 2.45) is 0 Å². The lowest BCUT2D eigenvalue weighted by Gasteiger charge is -2.33. The topological polar surface area (TPSA) is 64.6 Å². The molecule has 1 aliphatic heterocycles. The Bertz CT molecular complexity index is 1050. The van der Waals surface area contributed by atoms with Crippen molar-refractivity contribution in [1.82, 2.24) is 25.1 Å². The molecule has 170 valence electrons. The zero-order valence-corrected chi connectivity index (χ0v) is 20.0. The van der Waals surface area contributed by atoms with Crippen LogP contribution in [0.5, 0.6) is 0 Å². The van der Waals surface area contributed by atoms with Crippen LogP contribution >= 0.6 is 11.3 Å². The number of hydrogen-bond acceptors (Lipinski definition) is 7. The maximum Gasteiger partial charge on any atom is 0.261 e. The molecule has 0 aliphatic carbocycles. The van der Waals surface area contributed by atoms with Crippen molar-refractivity contribution in [3.63, 3.8) is 0 Å². The Kier molecular flexibility index (Phi) is 7.34. The zero-order chi connectivity index (χ0) is 22.5. The molecule has 32 heavy (non-hydrogen) atoms. The van der Waals surface area contributed by atoms with Crippen LogP contribution in [0.15, 0.2) is 36.7 Å². The summed E-state index contributed by atoms with van der Waals surface area (Å²) < 4.78 is 0. The van der Waals surface area contributed by atoms with Crippen molar-refractivity contribution >= 4 is 33.3 Å². The van der Waals surface area contributed by atoms with Gasteiger partial charge in [-0.3, -0.25) is 9.69 Å². The summed E-state index contributed by atoms with van der Waals surface area (Å²) in [6.45, 7) is 11.3. The van der Waals surface area contributed by atoms with E-state index >= 15 is 0 Å². The van der Waals surface area contributed by atoms with Crippen LogP contribution in [-0.2, 0) is 6.54 Å². The molecular formula is C24H32N6OS. The van der Waals surface area contributed by atoms with E-state index in [0.29, 0.717) is 6.54 Å². The lowest BCUT2D eigenvalue weighted by molar-refractivity contribution is 0.0951. The minimum atomic E-state index is -0.0226. The van der Waals surface area contributed by atoms with E-state index in [0.717, 1.165) is 72.3 Å². The molecule has 0 unspecified atom stereocenters. The molecule has 0 radical (unpaired) electrons. The number of nitrogens with one attached hydrogen (secondary N) is 1. The van der Waals surface area contributed by atoms with Crippen LogP contribution in [0.25, 0.3) is 10.2 Å². The van der Waals surface area contributed by atoms with Crippen molar-refractivity contribution in [2.75, 3.05) is 57.8 Å². The van der Waals surface area contributed by atoms with Crippen LogP contribution in [0, 0.1) is 6.92 Å². The fraction of sp³-hybridized carbons (Fsp3) is 0.458. The van der Waals surface area contributed by atoms with Crippen molar-refractivity contribution in [3.05, 3.63) is 52.7 Å². The molecule has 3 heterocycles. The Morgan fingerprint density at radius 3 is 2.62 bits per heavy atom. The molecule has 4 rings (SSSR count). The van der Waals surface area contributed by atoms with Crippen molar-refractivity contribution in [1.29, 1.82) is 0 Å². The van der Waals surface area contributed by atoms with Gasteiger partial charge in [0.1, 0.15) is 17.0 Å². The van der Waals surface area contributed by atoms with Crippen LogP contribution in [0.1, 0.15) is 27.7 Å². The second-order valence-electron chi connectivity index (χ2n) is 8.33. The first-order valence-electron chi connectivity index (χ1n) is 11.3. The molecule has 2 aromatic heterocycles. The third kappa shape index (κ3) is 5.09. The van der Waals surface area contributed by atoms with Gasteiger partial charge in [-0.05, 0) is 31.6 Å². The summed E-state index contributed by atoms with van der Waals surface area (Å²) in [6.07, 6.45) is 1.62. The number of likely N-dealkylation sites (N-methyl/N-ethyl adjacent to an activating group) is 2. The molecule has 1 saturated heterocycles. The Hall–Kier alpha value is -2.55.